The van der Waals surface area contributed by atoms with Crippen molar-refractivity contribution in [2.45, 2.75) is 19.8 Å². The van der Waals surface area contributed by atoms with Crippen molar-refractivity contribution in [2.24, 2.45) is 14.1 Å². The molecule has 0 saturated heterocycles. The summed E-state index contributed by atoms with van der Waals surface area (Å²) in [5.41, 5.74) is 1.23. The van der Waals surface area contributed by atoms with E-state index in [0.717, 1.165) is 6.42 Å². The monoisotopic (exact) mass is 264 g/mol. The van der Waals surface area contributed by atoms with Crippen LogP contribution in [0.4, 0.5) is 17.2 Å². The van der Waals surface area contributed by atoms with Crippen LogP contribution in [0.1, 0.15) is 19.0 Å². The van der Waals surface area contributed by atoms with Crippen LogP contribution in [0.2, 0.25) is 0 Å². The van der Waals surface area contributed by atoms with E-state index in [4.69, 9.17) is 0 Å². The van der Waals surface area contributed by atoms with Crippen LogP contribution in [0.15, 0.2) is 12.4 Å². The fraction of sp³-hybridized carbons (Fsp3) is 0.455. The first-order chi connectivity index (χ1) is 9.02. The van der Waals surface area contributed by atoms with Gasteiger partial charge in [0.25, 0.3) is 0 Å². The molecule has 0 spiro atoms. The first kappa shape index (κ1) is 13.1. The number of nitrogens with one attached hydrogen (secondary N) is 1. The van der Waals surface area contributed by atoms with E-state index in [2.05, 4.69) is 15.5 Å². The van der Waals surface area contributed by atoms with E-state index in [1.165, 1.54) is 4.68 Å². The average molecular weight is 264 g/mol. The third kappa shape index (κ3) is 2.56. The van der Waals surface area contributed by atoms with Gasteiger partial charge in [-0.15, -0.1) is 0 Å². The minimum Gasteiger partial charge on any atom is -0.332 e. The summed E-state index contributed by atoms with van der Waals surface area (Å²) in [6.45, 7) is 1.96. The highest BCUT2D eigenvalue weighted by Crippen LogP contribution is 2.31. The molecule has 2 aromatic rings. The van der Waals surface area contributed by atoms with Gasteiger partial charge in [-0.05, 0) is 6.42 Å². The number of rotatable bonds is 5. The molecule has 2 aromatic heterocycles. The molecule has 0 bridgehead atoms. The fourth-order valence-corrected chi connectivity index (χ4v) is 1.93. The van der Waals surface area contributed by atoms with Crippen LogP contribution in [0, 0.1) is 10.1 Å². The normalized spacial score (nSPS) is 10.7. The van der Waals surface area contributed by atoms with Crippen molar-refractivity contribution in [3.05, 3.63) is 28.2 Å². The lowest BCUT2D eigenvalue weighted by atomic mass is 10.2. The molecule has 0 fully saturated rings. The Morgan fingerprint density at radius 2 is 2.21 bits per heavy atom. The molecule has 0 unspecified atom stereocenters. The molecular weight excluding hydrogens is 248 g/mol. The summed E-state index contributed by atoms with van der Waals surface area (Å²) < 4.78 is 3.12. The molecule has 0 amide bonds. The summed E-state index contributed by atoms with van der Waals surface area (Å²) in [7, 11) is 3.47. The quantitative estimate of drug-likeness (QED) is 0.656. The summed E-state index contributed by atoms with van der Waals surface area (Å²) in [4.78, 5) is 10.8. The van der Waals surface area contributed by atoms with Gasteiger partial charge < -0.3 is 5.32 Å². The molecule has 0 aliphatic heterocycles. The largest absolute Gasteiger partial charge is 0.334 e. The molecule has 0 saturated carbocycles. The molecule has 0 aliphatic rings. The fourth-order valence-electron chi connectivity index (χ4n) is 1.93. The molecule has 102 valence electrons. The highest BCUT2D eigenvalue weighted by atomic mass is 16.6. The predicted octanol–water partition coefficient (Wildman–Crippen LogP) is 1.76. The predicted molar refractivity (Wildman–Crippen MR) is 70.3 cm³/mol. The van der Waals surface area contributed by atoms with Crippen LogP contribution in [-0.4, -0.2) is 24.5 Å². The summed E-state index contributed by atoms with van der Waals surface area (Å²) in [5, 5.41) is 22.4. The molecule has 2 heterocycles. The Morgan fingerprint density at radius 1 is 1.47 bits per heavy atom. The molecule has 0 radical (unpaired) electrons. The van der Waals surface area contributed by atoms with Gasteiger partial charge >= 0.3 is 5.69 Å². The number of hydrogen-bond donors (Lipinski definition) is 1. The third-order valence-electron chi connectivity index (χ3n) is 2.73. The van der Waals surface area contributed by atoms with Crippen LogP contribution in [0.25, 0.3) is 0 Å². The second kappa shape index (κ2) is 5.09. The van der Waals surface area contributed by atoms with Crippen molar-refractivity contribution >= 4 is 17.2 Å². The maximum absolute atomic E-state index is 11.2. The zero-order valence-electron chi connectivity index (χ0n) is 11.1. The molecular formula is C11H16N6O2. The van der Waals surface area contributed by atoms with Gasteiger partial charge in [0.1, 0.15) is 5.69 Å². The van der Waals surface area contributed by atoms with Gasteiger partial charge in [-0.3, -0.25) is 14.8 Å². The standard InChI is InChI=1S/C11H16N6O2/c1-4-5-9-10(17(18)19)11(16(3)14-9)13-8-6-12-15(2)7-8/h6-7,13H,4-5H2,1-3H3. The number of hydrogen-bond acceptors (Lipinski definition) is 5. The van der Waals surface area contributed by atoms with Gasteiger partial charge in [0.2, 0.25) is 5.82 Å². The number of aromatic nitrogens is 4. The lowest BCUT2D eigenvalue weighted by Gasteiger charge is -2.02. The van der Waals surface area contributed by atoms with E-state index in [9.17, 15) is 10.1 Å². The number of aryl methyl sites for hydroxylation is 3. The van der Waals surface area contributed by atoms with Crippen LogP contribution >= 0.6 is 0 Å². The highest BCUT2D eigenvalue weighted by molar-refractivity contribution is 5.67. The second-order valence-electron chi connectivity index (χ2n) is 4.30. The molecule has 0 aliphatic carbocycles. The summed E-state index contributed by atoms with van der Waals surface area (Å²) >= 11 is 0. The highest BCUT2D eigenvalue weighted by Gasteiger charge is 2.26. The maximum Gasteiger partial charge on any atom is 0.334 e. The Kier molecular flexibility index (Phi) is 3.50. The van der Waals surface area contributed by atoms with E-state index < -0.39 is 4.92 Å². The van der Waals surface area contributed by atoms with Gasteiger partial charge in [-0.2, -0.15) is 10.2 Å². The molecule has 8 nitrogen and oxygen atoms in total. The third-order valence-corrected chi connectivity index (χ3v) is 2.73. The zero-order chi connectivity index (χ0) is 14.0. The Hall–Kier alpha value is -2.38. The lowest BCUT2D eigenvalue weighted by molar-refractivity contribution is -0.384. The zero-order valence-corrected chi connectivity index (χ0v) is 11.1. The van der Waals surface area contributed by atoms with E-state index in [0.29, 0.717) is 23.6 Å². The minimum absolute atomic E-state index is 0.0354. The smallest absolute Gasteiger partial charge is 0.332 e. The van der Waals surface area contributed by atoms with E-state index in [-0.39, 0.29) is 5.69 Å². The van der Waals surface area contributed by atoms with Crippen LogP contribution in [0.5, 0.6) is 0 Å². The minimum atomic E-state index is -0.392. The first-order valence-electron chi connectivity index (χ1n) is 5.98. The maximum atomic E-state index is 11.2. The van der Waals surface area contributed by atoms with Crippen LogP contribution in [-0.2, 0) is 20.5 Å². The Balaban J connectivity index is 2.40. The van der Waals surface area contributed by atoms with Crippen molar-refractivity contribution < 1.29 is 4.92 Å². The van der Waals surface area contributed by atoms with Crippen molar-refractivity contribution in [3.8, 4) is 0 Å². The molecule has 0 atom stereocenters. The number of nitro groups is 1. The van der Waals surface area contributed by atoms with Crippen molar-refractivity contribution in [3.63, 3.8) is 0 Å². The second-order valence-corrected chi connectivity index (χ2v) is 4.30. The van der Waals surface area contributed by atoms with E-state index >= 15 is 0 Å². The SMILES string of the molecule is CCCc1nn(C)c(Nc2cnn(C)c2)c1[N+](=O)[O-]. The molecule has 19 heavy (non-hydrogen) atoms. The van der Waals surface area contributed by atoms with Gasteiger partial charge in [0.15, 0.2) is 0 Å². The van der Waals surface area contributed by atoms with Crippen molar-refractivity contribution in [1.82, 2.24) is 19.6 Å². The molecule has 8 heteroatoms. The van der Waals surface area contributed by atoms with E-state index in [1.54, 1.807) is 31.2 Å². The topological polar surface area (TPSA) is 90.8 Å². The molecule has 1 N–H and O–H groups in total. The van der Waals surface area contributed by atoms with Crippen LogP contribution < -0.4 is 5.32 Å². The van der Waals surface area contributed by atoms with Gasteiger partial charge in [0, 0.05) is 20.3 Å². The van der Waals surface area contributed by atoms with Crippen molar-refractivity contribution in [2.75, 3.05) is 5.32 Å². The summed E-state index contributed by atoms with van der Waals surface area (Å²) in [6.07, 6.45) is 4.75. The average Bonchev–Trinajstić information content (AvgIpc) is 2.85. The van der Waals surface area contributed by atoms with Gasteiger partial charge in [0.05, 0.1) is 16.8 Å². The lowest BCUT2D eigenvalue weighted by Crippen LogP contribution is -2.01. The summed E-state index contributed by atoms with van der Waals surface area (Å²) in [6, 6.07) is 0. The van der Waals surface area contributed by atoms with Gasteiger partial charge in [-0.25, -0.2) is 4.68 Å². The molecule has 2 rings (SSSR count). The number of nitrogens with zero attached hydrogens (tertiary/aromatic N) is 5. The van der Waals surface area contributed by atoms with Gasteiger partial charge in [-0.1, -0.05) is 13.3 Å². The van der Waals surface area contributed by atoms with Crippen LogP contribution in [0.3, 0.4) is 0 Å². The Morgan fingerprint density at radius 3 is 2.74 bits per heavy atom. The number of anilines is 2. The Labute approximate surface area is 110 Å². The van der Waals surface area contributed by atoms with E-state index in [1.807, 2.05) is 6.92 Å². The first-order valence-corrected chi connectivity index (χ1v) is 5.98. The van der Waals surface area contributed by atoms with Crippen molar-refractivity contribution in [1.29, 1.82) is 0 Å². The Bertz CT molecular complexity index is 600. The summed E-state index contributed by atoms with van der Waals surface area (Å²) in [5.74, 6) is 0.376. The molecule has 0 aromatic carbocycles.